The molecule has 222 valence electrons. The van der Waals surface area contributed by atoms with Crippen LogP contribution in [0.2, 0.25) is 0 Å². The van der Waals surface area contributed by atoms with E-state index in [4.69, 9.17) is 17.5 Å². The van der Waals surface area contributed by atoms with Gasteiger partial charge in [-0.05, 0) is 84.4 Å². The van der Waals surface area contributed by atoms with Gasteiger partial charge in [-0.1, -0.05) is 12.8 Å². The van der Waals surface area contributed by atoms with Crippen LogP contribution in [0.3, 0.4) is 0 Å². The van der Waals surface area contributed by atoms with Crippen LogP contribution in [-0.2, 0) is 21.0 Å². The van der Waals surface area contributed by atoms with Gasteiger partial charge < -0.3 is 4.90 Å². The fourth-order valence-corrected chi connectivity index (χ4v) is 7.31. The molecule has 1 aromatic carbocycles. The first-order valence-electron chi connectivity index (χ1n) is 13.6. The van der Waals surface area contributed by atoms with E-state index in [1.54, 1.807) is 36.0 Å². The number of hydrogen-bond acceptors (Lipinski definition) is 6. The van der Waals surface area contributed by atoms with Crippen LogP contribution in [-0.4, -0.2) is 83.1 Å². The van der Waals surface area contributed by atoms with Gasteiger partial charge in [0.05, 0.1) is 28.6 Å². The van der Waals surface area contributed by atoms with Crippen molar-refractivity contribution in [2.24, 2.45) is 0 Å². The maximum absolute atomic E-state index is 13.5. The van der Waals surface area contributed by atoms with Crippen LogP contribution in [0, 0.1) is 11.3 Å². The Hall–Kier alpha value is -2.27. The SMILES string of the molecule is CCS(=O)(=O)N1CC(C)N(CCCCCCN2C(=S)N(c3ccc(C#N)c(C(F)(F)F)c3)C(=O)C2(C)C)CC1C. The van der Waals surface area contributed by atoms with Gasteiger partial charge in [0.2, 0.25) is 10.0 Å². The highest BCUT2D eigenvalue weighted by Gasteiger charge is 2.49. The van der Waals surface area contributed by atoms with E-state index in [1.807, 2.05) is 6.92 Å². The van der Waals surface area contributed by atoms with E-state index in [2.05, 4.69) is 11.8 Å². The van der Waals surface area contributed by atoms with Crippen LogP contribution in [0.4, 0.5) is 18.9 Å². The lowest BCUT2D eigenvalue weighted by Gasteiger charge is -2.43. The molecule has 2 aliphatic rings. The van der Waals surface area contributed by atoms with Gasteiger partial charge in [-0.3, -0.25) is 14.6 Å². The van der Waals surface area contributed by atoms with Crippen molar-refractivity contribution in [3.05, 3.63) is 29.3 Å². The lowest BCUT2D eigenvalue weighted by Crippen LogP contribution is -2.58. The zero-order valence-electron chi connectivity index (χ0n) is 23.7. The summed E-state index contributed by atoms with van der Waals surface area (Å²) in [5.41, 5.74) is -2.64. The Labute approximate surface area is 240 Å². The number of unbranched alkanes of at least 4 members (excludes halogenated alkanes) is 3. The number of amides is 1. The van der Waals surface area contributed by atoms with E-state index in [0.717, 1.165) is 49.3 Å². The standard InChI is InChI=1S/C27H38F3N5O3S2/c1-6-40(37,38)34-18-19(2)32(17-20(34)3)13-9-7-8-10-14-33-25(39)35(24(36)26(33,4)5)22-12-11-21(16-31)23(15-22)27(28,29)30/h11-12,15,19-20H,6-10,13-14,17-18H2,1-5H3. The first-order valence-corrected chi connectivity index (χ1v) is 15.6. The molecule has 1 aromatic rings. The highest BCUT2D eigenvalue weighted by atomic mass is 32.2. The summed E-state index contributed by atoms with van der Waals surface area (Å²) in [6.45, 7) is 11.6. The predicted molar refractivity (Wildman–Crippen MR) is 152 cm³/mol. The Balaban J connectivity index is 1.55. The molecule has 0 saturated carbocycles. The topological polar surface area (TPSA) is 88.0 Å². The second-order valence-electron chi connectivity index (χ2n) is 11.1. The molecule has 0 radical (unpaired) electrons. The minimum atomic E-state index is -4.74. The summed E-state index contributed by atoms with van der Waals surface area (Å²) in [6, 6.07) is 4.81. The molecule has 2 aliphatic heterocycles. The molecule has 2 heterocycles. The molecule has 2 saturated heterocycles. The molecule has 0 spiro atoms. The number of sulfonamides is 1. The third-order valence-corrected chi connectivity index (χ3v) is 10.2. The monoisotopic (exact) mass is 601 g/mol. The molecule has 0 bridgehead atoms. The van der Waals surface area contributed by atoms with Crippen molar-refractivity contribution in [3.8, 4) is 6.07 Å². The summed E-state index contributed by atoms with van der Waals surface area (Å²) >= 11 is 5.55. The van der Waals surface area contributed by atoms with Crippen molar-refractivity contribution < 1.29 is 26.4 Å². The summed E-state index contributed by atoms with van der Waals surface area (Å²) in [4.78, 5) is 18.5. The van der Waals surface area contributed by atoms with Gasteiger partial charge in [0, 0.05) is 31.7 Å². The van der Waals surface area contributed by atoms with Crippen LogP contribution in [0.25, 0.3) is 0 Å². The van der Waals surface area contributed by atoms with Gasteiger partial charge in [0.25, 0.3) is 5.91 Å². The molecule has 0 aromatic heterocycles. The smallest absolute Gasteiger partial charge is 0.334 e. The largest absolute Gasteiger partial charge is 0.417 e. The molecule has 1 amide bonds. The molecule has 2 atom stereocenters. The number of benzene rings is 1. The van der Waals surface area contributed by atoms with E-state index < -0.39 is 38.8 Å². The number of alkyl halides is 3. The summed E-state index contributed by atoms with van der Waals surface area (Å²) in [5.74, 6) is -0.310. The normalized spacial score (nSPS) is 22.7. The van der Waals surface area contributed by atoms with Crippen LogP contribution < -0.4 is 4.90 Å². The summed E-state index contributed by atoms with van der Waals surface area (Å²) in [7, 11) is -3.22. The summed E-state index contributed by atoms with van der Waals surface area (Å²) < 4.78 is 66.8. The van der Waals surface area contributed by atoms with E-state index in [1.165, 1.54) is 6.07 Å². The molecular weight excluding hydrogens is 563 g/mol. The van der Waals surface area contributed by atoms with E-state index in [0.29, 0.717) is 19.6 Å². The van der Waals surface area contributed by atoms with E-state index >= 15 is 0 Å². The maximum atomic E-state index is 13.5. The Morgan fingerprint density at radius 1 is 1.07 bits per heavy atom. The van der Waals surface area contributed by atoms with Crippen molar-refractivity contribution in [2.45, 2.75) is 84.1 Å². The summed E-state index contributed by atoms with van der Waals surface area (Å²) in [6.07, 6.45) is -1.22. The molecule has 2 fully saturated rings. The number of hydrogen-bond donors (Lipinski definition) is 0. The van der Waals surface area contributed by atoms with Crippen molar-refractivity contribution in [1.82, 2.24) is 14.1 Å². The lowest BCUT2D eigenvalue weighted by molar-refractivity contribution is -0.137. The van der Waals surface area contributed by atoms with Gasteiger partial charge in [0.1, 0.15) is 5.54 Å². The maximum Gasteiger partial charge on any atom is 0.417 e. The molecular formula is C27H38F3N5O3S2. The van der Waals surface area contributed by atoms with Crippen molar-refractivity contribution in [3.63, 3.8) is 0 Å². The Morgan fingerprint density at radius 3 is 2.27 bits per heavy atom. The van der Waals surface area contributed by atoms with E-state index in [-0.39, 0.29) is 28.6 Å². The number of nitriles is 1. The second kappa shape index (κ2) is 12.3. The average molecular weight is 602 g/mol. The van der Waals surface area contributed by atoms with Crippen LogP contribution in [0.15, 0.2) is 18.2 Å². The third-order valence-electron chi connectivity index (χ3n) is 7.87. The van der Waals surface area contributed by atoms with Crippen LogP contribution >= 0.6 is 12.2 Å². The zero-order valence-corrected chi connectivity index (χ0v) is 25.3. The molecule has 3 rings (SSSR count). The molecule has 8 nitrogen and oxygen atoms in total. The Bertz CT molecular complexity index is 1260. The Morgan fingerprint density at radius 2 is 1.70 bits per heavy atom. The molecule has 13 heteroatoms. The first-order chi connectivity index (χ1) is 18.6. The third kappa shape index (κ3) is 6.61. The number of rotatable bonds is 10. The van der Waals surface area contributed by atoms with E-state index in [9.17, 15) is 26.4 Å². The zero-order chi connectivity index (χ0) is 30.0. The quantitative estimate of drug-likeness (QED) is 0.286. The van der Waals surface area contributed by atoms with Crippen molar-refractivity contribution in [2.75, 3.05) is 36.8 Å². The van der Waals surface area contributed by atoms with Crippen molar-refractivity contribution in [1.29, 1.82) is 5.26 Å². The number of nitrogens with zero attached hydrogens (tertiary/aromatic N) is 5. The second-order valence-corrected chi connectivity index (χ2v) is 13.6. The first kappa shape index (κ1) is 32.2. The highest BCUT2D eigenvalue weighted by Crippen LogP contribution is 2.38. The fourth-order valence-electron chi connectivity index (χ4n) is 5.41. The number of piperazine rings is 1. The van der Waals surface area contributed by atoms with Crippen LogP contribution in [0.1, 0.15) is 71.4 Å². The lowest BCUT2D eigenvalue weighted by atomic mass is 10.0. The molecule has 2 unspecified atom stereocenters. The van der Waals surface area contributed by atoms with Gasteiger partial charge >= 0.3 is 6.18 Å². The predicted octanol–water partition coefficient (Wildman–Crippen LogP) is 4.59. The van der Waals surface area contributed by atoms with Crippen molar-refractivity contribution >= 4 is 38.9 Å². The average Bonchev–Trinajstić information content (AvgIpc) is 3.05. The minimum absolute atomic E-state index is 0.00733. The van der Waals surface area contributed by atoms with Gasteiger partial charge in [-0.15, -0.1) is 0 Å². The molecule has 0 N–H and O–H groups in total. The van der Waals surface area contributed by atoms with Crippen LogP contribution in [0.5, 0.6) is 0 Å². The molecule has 40 heavy (non-hydrogen) atoms. The number of carbonyl (C=O) groups excluding carboxylic acids is 1. The number of halogens is 3. The number of carbonyl (C=O) groups is 1. The van der Waals surface area contributed by atoms with Gasteiger partial charge in [-0.2, -0.15) is 22.7 Å². The fraction of sp³-hybridized carbons (Fsp3) is 0.667. The van der Waals surface area contributed by atoms with Gasteiger partial charge in [0.15, 0.2) is 5.11 Å². The highest BCUT2D eigenvalue weighted by molar-refractivity contribution is 7.89. The number of anilines is 1. The number of thiocarbonyl (C=S) groups is 1. The molecule has 0 aliphatic carbocycles. The van der Waals surface area contributed by atoms with Gasteiger partial charge in [-0.25, -0.2) is 8.42 Å². The Kier molecular flexibility index (Phi) is 9.92. The summed E-state index contributed by atoms with van der Waals surface area (Å²) in [5, 5.41) is 9.23. The minimum Gasteiger partial charge on any atom is -0.334 e.